The molecular weight excluding hydrogens is 126 g/mol. The molecule has 3 heteroatoms. The smallest absolute Gasteiger partial charge is 0.0395 e. The van der Waals surface area contributed by atoms with E-state index in [2.05, 4.69) is 5.10 Å². The van der Waals surface area contributed by atoms with E-state index in [0.29, 0.717) is 6.54 Å². The Bertz CT molecular complexity index is 181. The van der Waals surface area contributed by atoms with Gasteiger partial charge in [-0.2, -0.15) is 5.10 Å². The zero-order valence-electron chi connectivity index (χ0n) is 6.46. The molecular formula is C7H13N3. The van der Waals surface area contributed by atoms with Crippen molar-refractivity contribution in [3.05, 3.63) is 11.8 Å². The van der Waals surface area contributed by atoms with Gasteiger partial charge in [0.25, 0.3) is 0 Å². The van der Waals surface area contributed by atoms with E-state index >= 15 is 0 Å². The molecule has 10 heavy (non-hydrogen) atoms. The van der Waals surface area contributed by atoms with Crippen molar-refractivity contribution < 1.29 is 0 Å². The van der Waals surface area contributed by atoms with Crippen LogP contribution in [0.15, 0.2) is 16.9 Å². The van der Waals surface area contributed by atoms with E-state index in [0.717, 1.165) is 12.1 Å². The van der Waals surface area contributed by atoms with Crippen LogP contribution in [0.1, 0.15) is 13.3 Å². The molecule has 0 atom stereocenters. The molecule has 0 radical (unpaired) electrons. The molecule has 0 aromatic heterocycles. The van der Waals surface area contributed by atoms with Crippen molar-refractivity contribution in [2.75, 3.05) is 13.6 Å². The highest BCUT2D eigenvalue weighted by molar-refractivity contribution is 5.84. The number of nitrogens with zero attached hydrogens (tertiary/aromatic N) is 2. The van der Waals surface area contributed by atoms with E-state index in [-0.39, 0.29) is 0 Å². The highest BCUT2D eigenvalue weighted by Crippen LogP contribution is 2.08. The second kappa shape index (κ2) is 2.84. The van der Waals surface area contributed by atoms with Gasteiger partial charge in [-0.25, -0.2) is 0 Å². The van der Waals surface area contributed by atoms with Crippen LogP contribution in [0.3, 0.4) is 0 Å². The van der Waals surface area contributed by atoms with Crippen LogP contribution in [-0.2, 0) is 0 Å². The summed E-state index contributed by atoms with van der Waals surface area (Å²) in [4.78, 5) is 0. The normalized spacial score (nSPS) is 18.5. The molecule has 0 amide bonds. The molecule has 0 aliphatic carbocycles. The summed E-state index contributed by atoms with van der Waals surface area (Å²) in [7, 11) is 1.92. The van der Waals surface area contributed by atoms with Crippen molar-refractivity contribution in [1.29, 1.82) is 0 Å². The summed E-state index contributed by atoms with van der Waals surface area (Å²) in [5, 5.41) is 6.01. The molecule has 3 nitrogen and oxygen atoms in total. The van der Waals surface area contributed by atoms with E-state index < -0.39 is 0 Å². The number of rotatable bonds is 1. The van der Waals surface area contributed by atoms with Crippen LogP contribution in [-0.4, -0.2) is 24.3 Å². The maximum atomic E-state index is 5.48. The summed E-state index contributed by atoms with van der Waals surface area (Å²) in [6.45, 7) is 2.65. The molecule has 2 N–H and O–H groups in total. The number of hydrogen-bond acceptors (Lipinski definition) is 3. The predicted octanol–water partition coefficient (Wildman–Crippen LogP) is 0.540. The first-order valence-electron chi connectivity index (χ1n) is 3.39. The van der Waals surface area contributed by atoms with Crippen molar-refractivity contribution in [3.63, 3.8) is 0 Å². The van der Waals surface area contributed by atoms with Crippen LogP contribution in [0.5, 0.6) is 0 Å². The first-order chi connectivity index (χ1) is 4.72. The molecule has 0 aromatic carbocycles. The Morgan fingerprint density at radius 2 is 2.50 bits per heavy atom. The Morgan fingerprint density at radius 3 is 3.00 bits per heavy atom. The molecule has 0 fully saturated rings. The van der Waals surface area contributed by atoms with Crippen LogP contribution in [0.25, 0.3) is 0 Å². The van der Waals surface area contributed by atoms with Gasteiger partial charge in [-0.3, -0.25) is 5.01 Å². The Hall–Kier alpha value is -0.830. The minimum atomic E-state index is 0.636. The number of hydrogen-bond donors (Lipinski definition) is 1. The van der Waals surface area contributed by atoms with Gasteiger partial charge in [0, 0.05) is 31.9 Å². The quantitative estimate of drug-likeness (QED) is 0.576. The van der Waals surface area contributed by atoms with Gasteiger partial charge in [-0.15, -0.1) is 0 Å². The molecule has 0 unspecified atom stereocenters. The first kappa shape index (κ1) is 7.28. The fraction of sp³-hybridized carbons (Fsp3) is 0.571. The Morgan fingerprint density at radius 1 is 1.80 bits per heavy atom. The SMILES string of the molecule is CC1=NN(C)C=C(CN)C1. The van der Waals surface area contributed by atoms with Crippen LogP contribution in [0, 0.1) is 0 Å². The lowest BCUT2D eigenvalue weighted by Gasteiger charge is -2.17. The van der Waals surface area contributed by atoms with Crippen molar-refractivity contribution in [1.82, 2.24) is 5.01 Å². The minimum Gasteiger partial charge on any atom is -0.327 e. The number of nitrogens with two attached hydrogens (primary N) is 1. The Balaban J connectivity index is 2.65. The summed E-state index contributed by atoms with van der Waals surface area (Å²) >= 11 is 0. The second-order valence-corrected chi connectivity index (χ2v) is 2.58. The van der Waals surface area contributed by atoms with Crippen LogP contribution >= 0.6 is 0 Å². The molecule has 0 aromatic rings. The molecule has 56 valence electrons. The average molecular weight is 139 g/mol. The fourth-order valence-corrected chi connectivity index (χ4v) is 1.10. The summed E-state index contributed by atoms with van der Waals surface area (Å²) in [6.07, 6.45) is 2.91. The summed E-state index contributed by atoms with van der Waals surface area (Å²) < 4.78 is 0. The van der Waals surface area contributed by atoms with E-state index in [1.165, 1.54) is 5.57 Å². The van der Waals surface area contributed by atoms with Crippen molar-refractivity contribution in [2.45, 2.75) is 13.3 Å². The third-order valence-electron chi connectivity index (χ3n) is 1.44. The molecule has 0 saturated heterocycles. The lowest BCUT2D eigenvalue weighted by atomic mass is 10.1. The molecule has 1 aliphatic heterocycles. The summed E-state index contributed by atoms with van der Waals surface area (Å²) in [5.41, 5.74) is 7.85. The zero-order chi connectivity index (χ0) is 7.56. The van der Waals surface area contributed by atoms with Gasteiger partial charge >= 0.3 is 0 Å². The van der Waals surface area contributed by atoms with Gasteiger partial charge in [0.2, 0.25) is 0 Å². The second-order valence-electron chi connectivity index (χ2n) is 2.58. The Kier molecular flexibility index (Phi) is 2.06. The summed E-state index contributed by atoms with van der Waals surface area (Å²) in [5.74, 6) is 0. The van der Waals surface area contributed by atoms with Gasteiger partial charge in [-0.05, 0) is 12.5 Å². The number of hydrazone groups is 1. The van der Waals surface area contributed by atoms with Crippen molar-refractivity contribution in [2.24, 2.45) is 10.8 Å². The van der Waals surface area contributed by atoms with Crippen molar-refractivity contribution in [3.8, 4) is 0 Å². The third kappa shape index (κ3) is 1.57. The zero-order valence-corrected chi connectivity index (χ0v) is 6.46. The molecule has 0 saturated carbocycles. The maximum Gasteiger partial charge on any atom is 0.0395 e. The topological polar surface area (TPSA) is 41.6 Å². The van der Waals surface area contributed by atoms with Crippen LogP contribution in [0.4, 0.5) is 0 Å². The lowest BCUT2D eigenvalue weighted by molar-refractivity contribution is 0.474. The molecule has 1 heterocycles. The highest BCUT2D eigenvalue weighted by atomic mass is 15.4. The van der Waals surface area contributed by atoms with E-state index in [4.69, 9.17) is 5.73 Å². The predicted molar refractivity (Wildman–Crippen MR) is 42.6 cm³/mol. The van der Waals surface area contributed by atoms with Gasteiger partial charge in [0.15, 0.2) is 0 Å². The first-order valence-corrected chi connectivity index (χ1v) is 3.39. The molecule has 0 bridgehead atoms. The Labute approximate surface area is 61.2 Å². The maximum absolute atomic E-state index is 5.48. The van der Waals surface area contributed by atoms with Gasteiger partial charge in [-0.1, -0.05) is 0 Å². The molecule has 1 aliphatic rings. The largest absolute Gasteiger partial charge is 0.327 e. The van der Waals surface area contributed by atoms with E-state index in [1.54, 1.807) is 5.01 Å². The molecule has 1 rings (SSSR count). The average Bonchev–Trinajstić information content (AvgIpc) is 1.85. The standard InChI is InChI=1S/C7H13N3/c1-6-3-7(4-8)5-10(2)9-6/h5H,3-4,8H2,1-2H3. The van der Waals surface area contributed by atoms with Gasteiger partial charge in [0.05, 0.1) is 0 Å². The molecule has 0 spiro atoms. The van der Waals surface area contributed by atoms with Crippen LogP contribution in [0.2, 0.25) is 0 Å². The van der Waals surface area contributed by atoms with Gasteiger partial charge in [0.1, 0.15) is 0 Å². The lowest BCUT2D eigenvalue weighted by Crippen LogP contribution is -2.17. The van der Waals surface area contributed by atoms with E-state index in [9.17, 15) is 0 Å². The minimum absolute atomic E-state index is 0.636. The van der Waals surface area contributed by atoms with Crippen LogP contribution < -0.4 is 5.73 Å². The third-order valence-corrected chi connectivity index (χ3v) is 1.44. The fourth-order valence-electron chi connectivity index (χ4n) is 1.10. The van der Waals surface area contributed by atoms with Crippen molar-refractivity contribution >= 4 is 5.71 Å². The van der Waals surface area contributed by atoms with Gasteiger partial charge < -0.3 is 5.73 Å². The van der Waals surface area contributed by atoms with E-state index in [1.807, 2.05) is 20.2 Å². The summed E-state index contributed by atoms with van der Waals surface area (Å²) in [6, 6.07) is 0. The highest BCUT2D eigenvalue weighted by Gasteiger charge is 2.05. The monoisotopic (exact) mass is 139 g/mol.